The molecule has 22 heavy (non-hydrogen) atoms. The largest absolute Gasteiger partial charge is 0.415 e. The Morgan fingerprint density at radius 1 is 0.682 bits per heavy atom. The Labute approximate surface area is 127 Å². The minimum atomic E-state index is -7.65. The van der Waals surface area contributed by atoms with E-state index in [-0.39, 0.29) is 0 Å². The molecule has 0 saturated carbocycles. The first kappa shape index (κ1) is 21.8. The van der Waals surface area contributed by atoms with Gasteiger partial charge in [-0.2, -0.15) is 43.9 Å². The first-order chi connectivity index (χ1) is 9.19. The van der Waals surface area contributed by atoms with Crippen LogP contribution in [0.2, 0.25) is 0 Å². The van der Waals surface area contributed by atoms with Gasteiger partial charge < -0.3 is 0 Å². The number of rotatable bonds is 4. The quantitative estimate of drug-likeness (QED) is 0.277. The third kappa shape index (κ3) is 2.72. The molecule has 0 spiro atoms. The summed E-state index contributed by atoms with van der Waals surface area (Å²) in [4.78, 5) is 0. The Kier molecular flexibility index (Phi) is 5.38. The number of hydrogen-bond donors (Lipinski definition) is 0. The lowest BCUT2D eigenvalue weighted by Crippen LogP contribution is -2.75. The molecular formula is C8H4F13I. The molecule has 0 N–H and O–H groups in total. The van der Waals surface area contributed by atoms with Gasteiger partial charge in [-0.05, 0) is 6.92 Å². The van der Waals surface area contributed by atoms with Gasteiger partial charge in [0, 0.05) is 22.6 Å². The molecule has 1 atom stereocenters. The van der Waals surface area contributed by atoms with Gasteiger partial charge in [0.15, 0.2) is 6.17 Å². The van der Waals surface area contributed by atoms with Crippen molar-refractivity contribution in [2.45, 2.75) is 41.2 Å². The molecule has 0 aromatic heterocycles. The average molecular weight is 474 g/mol. The van der Waals surface area contributed by atoms with Crippen LogP contribution in [-0.2, 0) is 0 Å². The summed E-state index contributed by atoms with van der Waals surface area (Å²) in [7, 11) is 0. The number of alkyl halides is 14. The normalized spacial score (nSPS) is 17.6. The summed E-state index contributed by atoms with van der Waals surface area (Å²) >= 11 is -0.851. The zero-order valence-corrected chi connectivity index (χ0v) is 12.0. The molecule has 0 amide bonds. The van der Waals surface area contributed by atoms with Gasteiger partial charge in [0.1, 0.15) is 0 Å². The van der Waals surface area contributed by atoms with E-state index < -0.39 is 69.2 Å². The molecule has 0 unspecified atom stereocenters. The summed E-state index contributed by atoms with van der Waals surface area (Å²) in [6.45, 7) is -0.590. The van der Waals surface area contributed by atoms with Crippen molar-refractivity contribution in [3.8, 4) is 0 Å². The fourth-order valence-electron chi connectivity index (χ4n) is 1.61. The minimum absolute atomic E-state index is 0.590. The average Bonchev–Trinajstić information content (AvgIpc) is 2.08. The second-order valence-corrected chi connectivity index (χ2v) is 5.41. The van der Waals surface area contributed by atoms with Crippen molar-refractivity contribution in [2.75, 3.05) is 0 Å². The second kappa shape index (κ2) is 5.43. The predicted octanol–water partition coefficient (Wildman–Crippen LogP) is 5.75. The molecule has 0 aliphatic rings. The second-order valence-electron chi connectivity index (χ2n) is 4.06. The van der Waals surface area contributed by atoms with Crippen molar-refractivity contribution in [2.24, 2.45) is 5.41 Å². The highest BCUT2D eigenvalue weighted by Crippen LogP contribution is 2.70. The summed E-state index contributed by atoms with van der Waals surface area (Å²) in [5, 5.41) is 0. The summed E-state index contributed by atoms with van der Waals surface area (Å²) in [6, 6.07) is 0. The Morgan fingerprint density at radius 3 is 1.09 bits per heavy atom. The molecule has 0 rings (SSSR count). The van der Waals surface area contributed by atoms with E-state index >= 15 is 0 Å². The van der Waals surface area contributed by atoms with Gasteiger partial charge in [0.25, 0.3) is 5.41 Å². The maximum Gasteiger partial charge on any atom is 0.415 e. The van der Waals surface area contributed by atoms with Gasteiger partial charge >= 0.3 is 28.1 Å². The van der Waals surface area contributed by atoms with Crippen LogP contribution in [0, 0.1) is 5.41 Å². The standard InChI is InChI=1S/C8H4F13I/c1-2(9)3(10,11)4(6(14,15)16,7(17,18)19)5(12,13)8(20,21)22/h2H,1H3/t2-/m1/s1. The van der Waals surface area contributed by atoms with Gasteiger partial charge in [-0.25, -0.2) is 13.2 Å². The first-order valence-electron chi connectivity index (χ1n) is 4.79. The monoisotopic (exact) mass is 474 g/mol. The maximum absolute atomic E-state index is 13.3. The van der Waals surface area contributed by atoms with Crippen LogP contribution in [0.25, 0.3) is 0 Å². The predicted molar refractivity (Wildman–Crippen MR) is 54.0 cm³/mol. The number of hydrogen-bond acceptors (Lipinski definition) is 0. The Balaban J connectivity index is 7.11. The van der Waals surface area contributed by atoms with Crippen LogP contribution in [0.1, 0.15) is 6.92 Å². The molecule has 0 nitrogen and oxygen atoms in total. The van der Waals surface area contributed by atoms with Crippen LogP contribution in [0.3, 0.4) is 0 Å². The molecule has 0 radical (unpaired) electrons. The molecule has 0 aliphatic heterocycles. The Morgan fingerprint density at radius 2 is 0.955 bits per heavy atom. The Bertz CT molecular complexity index is 384. The van der Waals surface area contributed by atoms with Crippen LogP contribution < -0.4 is 0 Å². The van der Waals surface area contributed by atoms with E-state index in [4.69, 9.17) is 0 Å². The molecule has 0 bridgehead atoms. The summed E-state index contributed by atoms with van der Waals surface area (Å²) in [5.74, 6) is -14.3. The summed E-state index contributed by atoms with van der Waals surface area (Å²) < 4.78 is 160. The topological polar surface area (TPSA) is 0 Å². The van der Waals surface area contributed by atoms with Crippen LogP contribution in [0.15, 0.2) is 0 Å². The molecule has 0 aliphatic carbocycles. The zero-order chi connectivity index (χ0) is 18.6. The van der Waals surface area contributed by atoms with Crippen molar-refractivity contribution in [1.29, 1.82) is 0 Å². The van der Waals surface area contributed by atoms with E-state index in [1.165, 1.54) is 0 Å². The molecule has 14 heteroatoms. The smallest absolute Gasteiger partial charge is 0.241 e. The fourth-order valence-corrected chi connectivity index (χ4v) is 2.02. The Hall–Kier alpha value is -0.180. The van der Waals surface area contributed by atoms with Crippen LogP contribution in [-0.4, -0.2) is 34.3 Å². The molecule has 0 fully saturated rings. The first-order valence-corrected chi connectivity index (χ1v) is 5.87. The summed E-state index contributed by atoms with van der Waals surface area (Å²) in [5.41, 5.74) is -7.63. The molecule has 0 heterocycles. The van der Waals surface area contributed by atoms with E-state index in [1.807, 2.05) is 0 Å². The van der Waals surface area contributed by atoms with Crippen molar-refractivity contribution < 1.29 is 57.1 Å². The molecule has 0 aromatic carbocycles. The van der Waals surface area contributed by atoms with Gasteiger partial charge in [-0.15, -0.1) is 0 Å². The molecule has 0 saturated heterocycles. The summed E-state index contributed by atoms with van der Waals surface area (Å²) in [6.07, 6.45) is -19.7. The van der Waals surface area contributed by atoms with Crippen LogP contribution in [0.5, 0.6) is 0 Å². The van der Waals surface area contributed by atoms with E-state index in [2.05, 4.69) is 0 Å². The maximum atomic E-state index is 13.3. The minimum Gasteiger partial charge on any atom is -0.241 e. The van der Waals surface area contributed by atoms with Crippen molar-refractivity contribution >= 4 is 22.6 Å². The third-order valence-electron chi connectivity index (χ3n) is 2.68. The third-order valence-corrected chi connectivity index (χ3v) is 3.35. The van der Waals surface area contributed by atoms with E-state index in [0.717, 1.165) is 0 Å². The van der Waals surface area contributed by atoms with E-state index in [9.17, 15) is 57.1 Å². The van der Waals surface area contributed by atoms with Crippen LogP contribution in [0.4, 0.5) is 57.1 Å². The van der Waals surface area contributed by atoms with Crippen molar-refractivity contribution in [1.82, 2.24) is 0 Å². The molecule has 134 valence electrons. The van der Waals surface area contributed by atoms with Gasteiger partial charge in [-0.3, -0.25) is 0 Å². The van der Waals surface area contributed by atoms with Crippen molar-refractivity contribution in [3.63, 3.8) is 0 Å². The van der Waals surface area contributed by atoms with E-state index in [1.54, 1.807) is 0 Å². The SMILES string of the molecule is C[C@@H](F)C(F)(F)C(C(F)(F)F)(C(F)(F)F)C(F)(F)C(F)(F)I. The lowest BCUT2D eigenvalue weighted by Gasteiger charge is -2.47. The molecule has 0 aromatic rings. The van der Waals surface area contributed by atoms with Gasteiger partial charge in [-0.1, -0.05) is 0 Å². The molecular weight excluding hydrogens is 470 g/mol. The van der Waals surface area contributed by atoms with Crippen LogP contribution >= 0.6 is 22.6 Å². The lowest BCUT2D eigenvalue weighted by atomic mass is 9.71. The van der Waals surface area contributed by atoms with Gasteiger partial charge in [0.05, 0.1) is 0 Å². The highest BCUT2D eigenvalue weighted by molar-refractivity contribution is 14.1. The fraction of sp³-hybridized carbons (Fsp3) is 1.00. The highest BCUT2D eigenvalue weighted by atomic mass is 127. The zero-order valence-electron chi connectivity index (χ0n) is 9.87. The highest BCUT2D eigenvalue weighted by Gasteiger charge is 2.96. The van der Waals surface area contributed by atoms with E-state index in [0.29, 0.717) is 0 Å². The van der Waals surface area contributed by atoms with Gasteiger partial charge in [0.2, 0.25) is 0 Å². The lowest BCUT2D eigenvalue weighted by molar-refractivity contribution is -0.472. The number of halogens is 14. The van der Waals surface area contributed by atoms with Crippen molar-refractivity contribution in [3.05, 3.63) is 0 Å².